The van der Waals surface area contributed by atoms with Crippen LogP contribution in [-0.4, -0.2) is 12.6 Å². The van der Waals surface area contributed by atoms with Crippen LogP contribution in [0.4, 0.5) is 5.69 Å². The molecule has 14 heavy (non-hydrogen) atoms. The minimum absolute atomic E-state index is 0.560. The number of rotatable bonds is 3. The molecule has 0 unspecified atom stereocenters. The lowest BCUT2D eigenvalue weighted by Crippen LogP contribution is -2.21. The lowest BCUT2D eigenvalue weighted by Gasteiger charge is -2.03. The highest BCUT2D eigenvalue weighted by molar-refractivity contribution is 5.84. The Morgan fingerprint density at radius 1 is 1.36 bits per heavy atom. The number of nitrogens with zero attached hydrogens (tertiary/aromatic N) is 2. The highest BCUT2D eigenvalue weighted by Gasteiger charge is 1.99. The number of nitrogen functional groups attached to an aromatic ring is 1. The van der Waals surface area contributed by atoms with Crippen LogP contribution in [0.25, 0.3) is 0 Å². The molecule has 0 heterocycles. The van der Waals surface area contributed by atoms with Crippen LogP contribution in [0.3, 0.4) is 0 Å². The van der Waals surface area contributed by atoms with E-state index in [0.717, 1.165) is 11.3 Å². The van der Waals surface area contributed by atoms with Crippen molar-refractivity contribution in [1.29, 1.82) is 0 Å². The van der Waals surface area contributed by atoms with E-state index in [4.69, 9.17) is 11.6 Å². The van der Waals surface area contributed by atoms with Crippen LogP contribution in [0, 0.1) is 0 Å². The van der Waals surface area contributed by atoms with E-state index in [1.807, 2.05) is 24.3 Å². The van der Waals surface area contributed by atoms with E-state index in [9.17, 15) is 0 Å². The Balaban J connectivity index is 2.67. The molecule has 5 nitrogen and oxygen atoms in total. The van der Waals surface area contributed by atoms with Crippen molar-refractivity contribution in [2.24, 2.45) is 16.0 Å². The van der Waals surface area contributed by atoms with Crippen molar-refractivity contribution >= 4 is 18.2 Å². The zero-order valence-electron chi connectivity index (χ0n) is 7.77. The van der Waals surface area contributed by atoms with Gasteiger partial charge >= 0.3 is 0 Å². The van der Waals surface area contributed by atoms with Crippen molar-refractivity contribution in [3.05, 3.63) is 29.8 Å². The van der Waals surface area contributed by atoms with Crippen molar-refractivity contribution < 1.29 is 0 Å². The maximum Gasteiger partial charge on any atom is 0.146 e. The minimum atomic E-state index is 0.560. The van der Waals surface area contributed by atoms with Crippen LogP contribution in [-0.2, 0) is 6.42 Å². The standard InChI is InChI=1S/C9H13N5/c1-12-14-9(13-11)6-7-2-4-8(10)5-3-7/h2-5H,1,6,10-11H2,(H,13,14). The van der Waals surface area contributed by atoms with Gasteiger partial charge in [-0.2, -0.15) is 10.2 Å². The SMILES string of the molecule is C=NNC(Cc1ccc(N)cc1)=NN. The molecule has 0 aromatic heterocycles. The van der Waals surface area contributed by atoms with Crippen LogP contribution in [0.15, 0.2) is 34.5 Å². The first-order valence-electron chi connectivity index (χ1n) is 4.09. The molecule has 1 aromatic carbocycles. The Hall–Kier alpha value is -2.04. The average Bonchev–Trinajstić information content (AvgIpc) is 2.20. The third kappa shape index (κ3) is 2.78. The van der Waals surface area contributed by atoms with Gasteiger partial charge in [-0.3, -0.25) is 5.43 Å². The predicted octanol–water partition coefficient (Wildman–Crippen LogP) is 0.289. The molecular formula is C9H13N5. The topological polar surface area (TPSA) is 88.8 Å². The second kappa shape index (κ2) is 4.86. The largest absolute Gasteiger partial charge is 0.399 e. The van der Waals surface area contributed by atoms with Gasteiger partial charge in [0.25, 0.3) is 0 Å². The summed E-state index contributed by atoms with van der Waals surface area (Å²) in [5.41, 5.74) is 9.94. The van der Waals surface area contributed by atoms with Gasteiger partial charge in [0.1, 0.15) is 5.84 Å². The summed E-state index contributed by atoms with van der Waals surface area (Å²) >= 11 is 0. The number of benzene rings is 1. The number of hydrogen-bond donors (Lipinski definition) is 3. The summed E-state index contributed by atoms with van der Waals surface area (Å²) in [4.78, 5) is 0. The summed E-state index contributed by atoms with van der Waals surface area (Å²) in [6.45, 7) is 3.29. The maximum atomic E-state index is 5.55. The highest BCUT2D eigenvalue weighted by Crippen LogP contribution is 2.06. The van der Waals surface area contributed by atoms with Gasteiger partial charge in [0.05, 0.1) is 0 Å². The fourth-order valence-electron chi connectivity index (χ4n) is 1.03. The first-order valence-corrected chi connectivity index (χ1v) is 4.09. The third-order valence-electron chi connectivity index (χ3n) is 1.72. The summed E-state index contributed by atoms with van der Waals surface area (Å²) in [6, 6.07) is 7.46. The van der Waals surface area contributed by atoms with Gasteiger partial charge in [-0.25, -0.2) is 0 Å². The predicted molar refractivity (Wildman–Crippen MR) is 58.9 cm³/mol. The van der Waals surface area contributed by atoms with E-state index in [-0.39, 0.29) is 0 Å². The molecule has 1 aromatic rings. The Morgan fingerprint density at radius 2 is 2.00 bits per heavy atom. The number of anilines is 1. The zero-order valence-corrected chi connectivity index (χ0v) is 7.77. The fourth-order valence-corrected chi connectivity index (χ4v) is 1.03. The van der Waals surface area contributed by atoms with Crippen molar-refractivity contribution in [2.45, 2.75) is 6.42 Å². The molecule has 0 fully saturated rings. The minimum Gasteiger partial charge on any atom is -0.399 e. The number of hydrazone groups is 2. The van der Waals surface area contributed by atoms with Crippen molar-refractivity contribution in [3.8, 4) is 0 Å². The van der Waals surface area contributed by atoms with E-state index in [1.54, 1.807) is 0 Å². The van der Waals surface area contributed by atoms with Gasteiger partial charge in [0.15, 0.2) is 0 Å². The van der Waals surface area contributed by atoms with Gasteiger partial charge in [-0.05, 0) is 17.7 Å². The molecule has 0 saturated heterocycles. The molecule has 0 radical (unpaired) electrons. The molecule has 74 valence electrons. The van der Waals surface area contributed by atoms with Crippen LogP contribution in [0.5, 0.6) is 0 Å². The smallest absolute Gasteiger partial charge is 0.146 e. The molecule has 0 aliphatic rings. The lowest BCUT2D eigenvalue weighted by molar-refractivity contribution is 0.978. The number of nitrogens with two attached hydrogens (primary N) is 2. The third-order valence-corrected chi connectivity index (χ3v) is 1.72. The second-order valence-electron chi connectivity index (χ2n) is 2.76. The lowest BCUT2D eigenvalue weighted by atomic mass is 10.1. The molecule has 0 spiro atoms. The van der Waals surface area contributed by atoms with Crippen LogP contribution in [0.1, 0.15) is 5.56 Å². The van der Waals surface area contributed by atoms with Gasteiger partial charge in [0.2, 0.25) is 0 Å². The molecule has 0 atom stereocenters. The zero-order chi connectivity index (χ0) is 10.4. The fraction of sp³-hybridized carbons (Fsp3) is 0.111. The van der Waals surface area contributed by atoms with E-state index >= 15 is 0 Å². The summed E-state index contributed by atoms with van der Waals surface area (Å²) in [5, 5.41) is 7.02. The first-order chi connectivity index (χ1) is 6.76. The van der Waals surface area contributed by atoms with Crippen molar-refractivity contribution in [2.75, 3.05) is 5.73 Å². The Labute approximate surface area is 82.5 Å². The molecule has 0 saturated carbocycles. The normalized spacial score (nSPS) is 11.0. The van der Waals surface area contributed by atoms with Crippen LogP contribution < -0.4 is 17.0 Å². The van der Waals surface area contributed by atoms with Gasteiger partial charge in [-0.1, -0.05) is 12.1 Å². The summed E-state index contributed by atoms with van der Waals surface area (Å²) < 4.78 is 0. The van der Waals surface area contributed by atoms with E-state index in [0.29, 0.717) is 12.3 Å². The van der Waals surface area contributed by atoms with E-state index in [2.05, 4.69) is 22.3 Å². The summed E-state index contributed by atoms with van der Waals surface area (Å²) in [7, 11) is 0. The van der Waals surface area contributed by atoms with Crippen molar-refractivity contribution in [3.63, 3.8) is 0 Å². The Kier molecular flexibility index (Phi) is 3.49. The van der Waals surface area contributed by atoms with Gasteiger partial charge < -0.3 is 11.6 Å². The highest BCUT2D eigenvalue weighted by atomic mass is 15.3. The van der Waals surface area contributed by atoms with Crippen molar-refractivity contribution in [1.82, 2.24) is 5.43 Å². The Bertz CT molecular complexity index is 328. The monoisotopic (exact) mass is 191 g/mol. The molecule has 5 heteroatoms. The molecule has 5 N–H and O–H groups in total. The molecule has 0 aliphatic carbocycles. The summed E-state index contributed by atoms with van der Waals surface area (Å²) in [6.07, 6.45) is 0.579. The molecule has 0 bridgehead atoms. The van der Waals surface area contributed by atoms with E-state index in [1.165, 1.54) is 0 Å². The molecule has 1 rings (SSSR count). The molecular weight excluding hydrogens is 178 g/mol. The number of hydrogen-bond acceptors (Lipinski definition) is 4. The first kappa shape index (κ1) is 10.0. The van der Waals surface area contributed by atoms with Gasteiger partial charge in [-0.15, -0.1) is 0 Å². The number of amidine groups is 1. The average molecular weight is 191 g/mol. The quantitative estimate of drug-likeness (QED) is 0.211. The molecule has 0 aliphatic heterocycles. The second-order valence-corrected chi connectivity index (χ2v) is 2.76. The van der Waals surface area contributed by atoms with Crippen LogP contribution in [0.2, 0.25) is 0 Å². The molecule has 0 amide bonds. The van der Waals surface area contributed by atoms with Crippen LogP contribution >= 0.6 is 0 Å². The maximum absolute atomic E-state index is 5.55. The summed E-state index contributed by atoms with van der Waals surface area (Å²) in [5.74, 6) is 5.71. The van der Waals surface area contributed by atoms with E-state index < -0.39 is 0 Å². The Morgan fingerprint density at radius 3 is 2.50 bits per heavy atom. The van der Waals surface area contributed by atoms with Gasteiger partial charge in [0, 0.05) is 18.8 Å². The number of nitrogens with one attached hydrogen (secondary N) is 1.